The van der Waals surface area contributed by atoms with Gasteiger partial charge in [0.25, 0.3) is 5.91 Å². The minimum absolute atomic E-state index is 0.0600. The van der Waals surface area contributed by atoms with Crippen LogP contribution in [-0.4, -0.2) is 40.0 Å². The van der Waals surface area contributed by atoms with E-state index in [0.717, 1.165) is 47.0 Å². The van der Waals surface area contributed by atoms with E-state index in [1.807, 2.05) is 30.9 Å². The number of aryl methyl sites for hydroxylation is 2. The molecule has 1 aliphatic heterocycles. The number of hydrogen-bond acceptors (Lipinski definition) is 5. The minimum Gasteiger partial charge on any atom is -0.376 e. The van der Waals surface area contributed by atoms with Gasteiger partial charge in [0.15, 0.2) is 0 Å². The number of pyridine rings is 1. The molecule has 0 saturated carbocycles. The quantitative estimate of drug-likeness (QED) is 0.806. The second kappa shape index (κ2) is 7.85. The van der Waals surface area contributed by atoms with E-state index in [1.165, 1.54) is 11.3 Å². The van der Waals surface area contributed by atoms with Crippen LogP contribution in [0.5, 0.6) is 0 Å². The maximum Gasteiger partial charge on any atom is 0.266 e. The molecule has 128 valence electrons. The molecule has 3 rings (SSSR count). The summed E-state index contributed by atoms with van der Waals surface area (Å²) in [6.45, 7) is 5.98. The fraction of sp³-hybridized carbons (Fsp3) is 0.500. The van der Waals surface area contributed by atoms with Crippen molar-refractivity contribution >= 4 is 17.2 Å². The second-order valence-electron chi connectivity index (χ2n) is 6.04. The Morgan fingerprint density at radius 3 is 2.88 bits per heavy atom. The molecule has 3 heterocycles. The number of rotatable bonds is 6. The van der Waals surface area contributed by atoms with Crippen LogP contribution in [0.4, 0.5) is 0 Å². The summed E-state index contributed by atoms with van der Waals surface area (Å²) in [6.07, 6.45) is 6.52. The normalized spacial score (nSPS) is 17.2. The smallest absolute Gasteiger partial charge is 0.266 e. The van der Waals surface area contributed by atoms with E-state index in [1.54, 1.807) is 12.4 Å². The summed E-state index contributed by atoms with van der Waals surface area (Å²) in [7, 11) is 0. The Kier molecular flexibility index (Phi) is 5.58. The maximum absolute atomic E-state index is 13.2. The Hall–Kier alpha value is -1.79. The second-order valence-corrected chi connectivity index (χ2v) is 7.24. The van der Waals surface area contributed by atoms with E-state index < -0.39 is 0 Å². The van der Waals surface area contributed by atoms with Crippen molar-refractivity contribution in [2.75, 3.05) is 13.2 Å². The summed E-state index contributed by atoms with van der Waals surface area (Å²) in [5, 5.41) is 0.941. The molecule has 1 fully saturated rings. The highest BCUT2D eigenvalue weighted by atomic mass is 32.1. The van der Waals surface area contributed by atoms with Gasteiger partial charge in [0, 0.05) is 32.1 Å². The predicted octanol–water partition coefficient (Wildman–Crippen LogP) is 3.23. The molecule has 0 N–H and O–H groups in total. The molecule has 1 amide bonds. The average Bonchev–Trinajstić information content (AvgIpc) is 3.23. The van der Waals surface area contributed by atoms with Crippen molar-refractivity contribution in [3.63, 3.8) is 0 Å². The molecule has 1 saturated heterocycles. The Morgan fingerprint density at radius 1 is 1.42 bits per heavy atom. The highest BCUT2D eigenvalue weighted by molar-refractivity contribution is 7.13. The SMILES string of the molecule is CCc1nc(C)sc1C(=O)N(Cc1ccncc1)C[C@H]1CCCO1. The third kappa shape index (κ3) is 3.99. The number of carbonyl (C=O) groups is 1. The van der Waals surface area contributed by atoms with E-state index in [4.69, 9.17) is 4.74 Å². The van der Waals surface area contributed by atoms with Crippen LogP contribution in [-0.2, 0) is 17.7 Å². The summed E-state index contributed by atoms with van der Waals surface area (Å²) in [5.41, 5.74) is 1.98. The van der Waals surface area contributed by atoms with Crippen molar-refractivity contribution in [3.05, 3.63) is 45.7 Å². The first-order chi connectivity index (χ1) is 11.7. The topological polar surface area (TPSA) is 55.3 Å². The van der Waals surface area contributed by atoms with Gasteiger partial charge < -0.3 is 9.64 Å². The van der Waals surface area contributed by atoms with Gasteiger partial charge in [0.1, 0.15) is 4.88 Å². The third-order valence-electron chi connectivity index (χ3n) is 4.19. The van der Waals surface area contributed by atoms with Gasteiger partial charge in [-0.1, -0.05) is 6.92 Å². The third-order valence-corrected chi connectivity index (χ3v) is 5.19. The van der Waals surface area contributed by atoms with Crippen molar-refractivity contribution in [1.29, 1.82) is 0 Å². The zero-order valence-electron chi connectivity index (χ0n) is 14.2. The fourth-order valence-electron chi connectivity index (χ4n) is 2.98. The lowest BCUT2D eigenvalue weighted by molar-refractivity contribution is 0.0510. The monoisotopic (exact) mass is 345 g/mol. The highest BCUT2D eigenvalue weighted by Gasteiger charge is 2.26. The number of thiazole rings is 1. The van der Waals surface area contributed by atoms with E-state index in [-0.39, 0.29) is 12.0 Å². The van der Waals surface area contributed by atoms with Crippen LogP contribution in [0.15, 0.2) is 24.5 Å². The molecule has 24 heavy (non-hydrogen) atoms. The lowest BCUT2D eigenvalue weighted by Gasteiger charge is -2.25. The van der Waals surface area contributed by atoms with Crippen molar-refractivity contribution in [2.45, 2.75) is 45.8 Å². The summed E-state index contributed by atoms with van der Waals surface area (Å²) in [4.78, 5) is 24.4. The lowest BCUT2D eigenvalue weighted by Crippen LogP contribution is -2.37. The van der Waals surface area contributed by atoms with E-state index >= 15 is 0 Å². The van der Waals surface area contributed by atoms with Gasteiger partial charge in [0.05, 0.1) is 16.8 Å². The molecule has 5 nitrogen and oxygen atoms in total. The minimum atomic E-state index is 0.0600. The molecule has 0 unspecified atom stereocenters. The standard InChI is InChI=1S/C18H23N3O2S/c1-3-16-17(24-13(2)20-16)18(22)21(12-15-5-4-10-23-15)11-14-6-8-19-9-7-14/h6-9,15H,3-5,10-12H2,1-2H3/t15-/m1/s1. The first-order valence-electron chi connectivity index (χ1n) is 8.43. The van der Waals surface area contributed by atoms with Crippen molar-refractivity contribution in [1.82, 2.24) is 14.9 Å². The molecule has 2 aromatic rings. The van der Waals surface area contributed by atoms with Crippen LogP contribution in [0.2, 0.25) is 0 Å². The van der Waals surface area contributed by atoms with Gasteiger partial charge in [-0.2, -0.15) is 0 Å². The Balaban J connectivity index is 1.83. The number of nitrogens with zero attached hydrogens (tertiary/aromatic N) is 3. The number of aromatic nitrogens is 2. The van der Waals surface area contributed by atoms with Crippen LogP contribution in [0.1, 0.15) is 45.7 Å². The number of ether oxygens (including phenoxy) is 1. The molecule has 0 bridgehead atoms. The summed E-state index contributed by atoms with van der Waals surface area (Å²) < 4.78 is 5.75. The van der Waals surface area contributed by atoms with Crippen LogP contribution >= 0.6 is 11.3 Å². The van der Waals surface area contributed by atoms with Gasteiger partial charge in [-0.3, -0.25) is 9.78 Å². The largest absolute Gasteiger partial charge is 0.376 e. The van der Waals surface area contributed by atoms with E-state index in [0.29, 0.717) is 13.1 Å². The molecule has 0 radical (unpaired) electrons. The number of amides is 1. The van der Waals surface area contributed by atoms with Crippen LogP contribution in [0, 0.1) is 6.92 Å². The zero-order valence-corrected chi connectivity index (χ0v) is 15.0. The zero-order chi connectivity index (χ0) is 16.9. The van der Waals surface area contributed by atoms with Crippen molar-refractivity contribution in [2.24, 2.45) is 0 Å². The molecule has 0 spiro atoms. The predicted molar refractivity (Wildman–Crippen MR) is 94.2 cm³/mol. The summed E-state index contributed by atoms with van der Waals surface area (Å²) in [6, 6.07) is 3.91. The maximum atomic E-state index is 13.2. The molecule has 6 heteroatoms. The number of hydrogen-bond donors (Lipinski definition) is 0. The number of carbonyl (C=O) groups excluding carboxylic acids is 1. The van der Waals surface area contributed by atoms with E-state index in [9.17, 15) is 4.79 Å². The van der Waals surface area contributed by atoms with Crippen LogP contribution < -0.4 is 0 Å². The van der Waals surface area contributed by atoms with Gasteiger partial charge in [-0.05, 0) is 43.9 Å². The molecular weight excluding hydrogens is 322 g/mol. The van der Waals surface area contributed by atoms with Crippen LogP contribution in [0.3, 0.4) is 0 Å². The molecule has 0 aliphatic carbocycles. The Bertz CT molecular complexity index is 681. The average molecular weight is 345 g/mol. The summed E-state index contributed by atoms with van der Waals surface area (Å²) >= 11 is 1.49. The first-order valence-corrected chi connectivity index (χ1v) is 9.25. The molecular formula is C18H23N3O2S. The van der Waals surface area contributed by atoms with Gasteiger partial charge in [-0.15, -0.1) is 11.3 Å². The Morgan fingerprint density at radius 2 is 2.21 bits per heavy atom. The molecule has 1 aliphatic rings. The van der Waals surface area contributed by atoms with Gasteiger partial charge in [-0.25, -0.2) is 4.98 Å². The molecule has 0 aromatic carbocycles. The van der Waals surface area contributed by atoms with Gasteiger partial charge >= 0.3 is 0 Å². The fourth-order valence-corrected chi connectivity index (χ4v) is 3.96. The van der Waals surface area contributed by atoms with E-state index in [2.05, 4.69) is 9.97 Å². The highest BCUT2D eigenvalue weighted by Crippen LogP contribution is 2.23. The first kappa shape index (κ1) is 17.0. The molecule has 2 aromatic heterocycles. The summed E-state index contributed by atoms with van der Waals surface area (Å²) in [5.74, 6) is 0.0600. The molecule has 1 atom stereocenters. The van der Waals surface area contributed by atoms with Gasteiger partial charge in [0.2, 0.25) is 0 Å². The lowest BCUT2D eigenvalue weighted by atomic mass is 10.2. The Labute approximate surface area is 146 Å². The van der Waals surface area contributed by atoms with Crippen molar-refractivity contribution < 1.29 is 9.53 Å². The van der Waals surface area contributed by atoms with Crippen LogP contribution in [0.25, 0.3) is 0 Å². The van der Waals surface area contributed by atoms with Crippen molar-refractivity contribution in [3.8, 4) is 0 Å².